The summed E-state index contributed by atoms with van der Waals surface area (Å²) in [7, 11) is 0. The fourth-order valence-electron chi connectivity index (χ4n) is 1.28. The molecular formula is C11H21NO4. The van der Waals surface area contributed by atoms with Gasteiger partial charge in [-0.05, 0) is 27.2 Å². The summed E-state index contributed by atoms with van der Waals surface area (Å²) < 4.78 is 4.79. The van der Waals surface area contributed by atoms with Crippen LogP contribution in [-0.4, -0.2) is 47.7 Å². The Morgan fingerprint density at radius 3 is 2.44 bits per heavy atom. The van der Waals surface area contributed by atoms with E-state index in [2.05, 4.69) is 0 Å². The Kier molecular flexibility index (Phi) is 7.54. The lowest BCUT2D eigenvalue weighted by Gasteiger charge is -2.25. The Labute approximate surface area is 96.4 Å². The van der Waals surface area contributed by atoms with E-state index in [0.717, 1.165) is 0 Å². The number of hydrogen-bond acceptors (Lipinski definition) is 4. The molecular weight excluding hydrogens is 210 g/mol. The van der Waals surface area contributed by atoms with E-state index in [9.17, 15) is 9.59 Å². The normalized spacial score (nSPS) is 10.3. The van der Waals surface area contributed by atoms with Gasteiger partial charge in [-0.1, -0.05) is 0 Å². The number of aliphatic hydroxyl groups is 1. The number of carbonyl (C=O) groups is 2. The molecule has 0 atom stereocenters. The Balaban J connectivity index is 4.26. The van der Waals surface area contributed by atoms with Gasteiger partial charge in [-0.3, -0.25) is 9.59 Å². The minimum absolute atomic E-state index is 0.0168. The standard InChI is InChI=1S/C11H21NO4/c1-4-16-11(15)8-12(9(2)3)10(14)6-5-7-13/h9,13H,4-8H2,1-3H3. The predicted molar refractivity (Wildman–Crippen MR) is 59.8 cm³/mol. The van der Waals surface area contributed by atoms with Gasteiger partial charge in [-0.25, -0.2) is 0 Å². The minimum atomic E-state index is -0.395. The van der Waals surface area contributed by atoms with Crippen LogP contribution in [0.3, 0.4) is 0 Å². The van der Waals surface area contributed by atoms with Gasteiger partial charge in [0.1, 0.15) is 6.54 Å². The Morgan fingerprint density at radius 2 is 2.00 bits per heavy atom. The van der Waals surface area contributed by atoms with Gasteiger partial charge >= 0.3 is 5.97 Å². The number of nitrogens with zero attached hydrogens (tertiary/aromatic N) is 1. The van der Waals surface area contributed by atoms with Crippen molar-refractivity contribution in [3.63, 3.8) is 0 Å². The molecule has 5 heteroatoms. The van der Waals surface area contributed by atoms with Crippen molar-refractivity contribution in [2.75, 3.05) is 19.8 Å². The molecule has 0 aliphatic carbocycles. The largest absolute Gasteiger partial charge is 0.465 e. The summed E-state index contributed by atoms with van der Waals surface area (Å²) in [4.78, 5) is 24.4. The Bertz CT molecular complexity index is 228. The fraction of sp³-hybridized carbons (Fsp3) is 0.818. The molecule has 0 aromatic heterocycles. The first-order chi connectivity index (χ1) is 7.52. The second-order valence-electron chi connectivity index (χ2n) is 3.75. The van der Waals surface area contributed by atoms with Gasteiger partial charge in [0.2, 0.25) is 5.91 Å². The zero-order chi connectivity index (χ0) is 12.6. The van der Waals surface area contributed by atoms with Crippen molar-refractivity contribution in [2.24, 2.45) is 0 Å². The van der Waals surface area contributed by atoms with Crippen LogP contribution < -0.4 is 0 Å². The summed E-state index contributed by atoms with van der Waals surface area (Å²) in [5, 5.41) is 8.64. The molecule has 5 nitrogen and oxygen atoms in total. The summed E-state index contributed by atoms with van der Waals surface area (Å²) in [6.07, 6.45) is 0.680. The van der Waals surface area contributed by atoms with Crippen molar-refractivity contribution < 1.29 is 19.4 Å². The van der Waals surface area contributed by atoms with Crippen molar-refractivity contribution in [3.05, 3.63) is 0 Å². The van der Waals surface area contributed by atoms with Crippen molar-refractivity contribution in [1.82, 2.24) is 4.90 Å². The number of amides is 1. The molecule has 0 aliphatic rings. The Hall–Kier alpha value is -1.10. The molecule has 0 bridgehead atoms. The predicted octanol–water partition coefficient (Wildman–Crippen LogP) is 0.559. The summed E-state index contributed by atoms with van der Waals surface area (Å²) in [6.45, 7) is 5.69. The molecule has 0 fully saturated rings. The van der Waals surface area contributed by atoms with E-state index in [4.69, 9.17) is 9.84 Å². The smallest absolute Gasteiger partial charge is 0.325 e. The number of carbonyl (C=O) groups excluding carboxylic acids is 2. The molecule has 16 heavy (non-hydrogen) atoms. The van der Waals surface area contributed by atoms with E-state index < -0.39 is 5.97 Å². The maximum absolute atomic E-state index is 11.7. The summed E-state index contributed by atoms with van der Waals surface area (Å²) >= 11 is 0. The highest BCUT2D eigenvalue weighted by atomic mass is 16.5. The third-order valence-corrected chi connectivity index (χ3v) is 2.10. The summed E-state index contributed by atoms with van der Waals surface area (Å²) in [6, 6.07) is -0.0457. The van der Waals surface area contributed by atoms with Gasteiger partial charge < -0.3 is 14.7 Å². The zero-order valence-corrected chi connectivity index (χ0v) is 10.2. The van der Waals surface area contributed by atoms with Crippen LogP contribution in [0.2, 0.25) is 0 Å². The minimum Gasteiger partial charge on any atom is -0.465 e. The van der Waals surface area contributed by atoms with Gasteiger partial charge in [-0.15, -0.1) is 0 Å². The molecule has 1 N–H and O–H groups in total. The first-order valence-corrected chi connectivity index (χ1v) is 5.58. The number of hydrogen-bond donors (Lipinski definition) is 1. The topological polar surface area (TPSA) is 66.8 Å². The molecule has 0 rings (SSSR count). The Morgan fingerprint density at radius 1 is 1.38 bits per heavy atom. The molecule has 0 spiro atoms. The van der Waals surface area contributed by atoms with Crippen LogP contribution in [0.4, 0.5) is 0 Å². The van der Waals surface area contributed by atoms with Crippen LogP contribution in [0.25, 0.3) is 0 Å². The maximum Gasteiger partial charge on any atom is 0.325 e. The first-order valence-electron chi connectivity index (χ1n) is 5.58. The van der Waals surface area contributed by atoms with Gasteiger partial charge in [0, 0.05) is 19.1 Å². The van der Waals surface area contributed by atoms with Crippen LogP contribution in [0, 0.1) is 0 Å². The second kappa shape index (κ2) is 8.10. The molecule has 0 unspecified atom stereocenters. The van der Waals surface area contributed by atoms with Gasteiger partial charge in [0.15, 0.2) is 0 Å². The number of aliphatic hydroxyl groups excluding tert-OH is 1. The van der Waals surface area contributed by atoms with E-state index in [1.165, 1.54) is 4.90 Å². The van der Waals surface area contributed by atoms with E-state index in [1.54, 1.807) is 6.92 Å². The molecule has 0 saturated carbocycles. The van der Waals surface area contributed by atoms with Crippen LogP contribution in [0.1, 0.15) is 33.6 Å². The number of rotatable bonds is 7. The molecule has 0 aliphatic heterocycles. The van der Waals surface area contributed by atoms with Gasteiger partial charge in [0.05, 0.1) is 6.61 Å². The summed E-state index contributed by atoms with van der Waals surface area (Å²) in [5.74, 6) is -0.523. The van der Waals surface area contributed by atoms with Crippen molar-refractivity contribution in [1.29, 1.82) is 0 Å². The monoisotopic (exact) mass is 231 g/mol. The molecule has 0 saturated heterocycles. The maximum atomic E-state index is 11.7. The number of esters is 1. The lowest BCUT2D eigenvalue weighted by atomic mass is 10.2. The molecule has 0 heterocycles. The fourth-order valence-corrected chi connectivity index (χ4v) is 1.28. The van der Waals surface area contributed by atoms with Crippen LogP contribution in [-0.2, 0) is 14.3 Å². The van der Waals surface area contributed by atoms with Crippen LogP contribution in [0.15, 0.2) is 0 Å². The van der Waals surface area contributed by atoms with E-state index in [-0.39, 0.29) is 31.5 Å². The highest BCUT2D eigenvalue weighted by Gasteiger charge is 2.19. The quantitative estimate of drug-likeness (QED) is 0.650. The lowest BCUT2D eigenvalue weighted by Crippen LogP contribution is -2.41. The average Bonchev–Trinajstić information content (AvgIpc) is 2.22. The second-order valence-corrected chi connectivity index (χ2v) is 3.75. The molecule has 0 aromatic rings. The van der Waals surface area contributed by atoms with Gasteiger partial charge in [0.25, 0.3) is 0 Å². The van der Waals surface area contributed by atoms with Crippen LogP contribution >= 0.6 is 0 Å². The lowest BCUT2D eigenvalue weighted by molar-refractivity contribution is -0.150. The third-order valence-electron chi connectivity index (χ3n) is 2.10. The van der Waals surface area contributed by atoms with Crippen molar-refractivity contribution >= 4 is 11.9 Å². The van der Waals surface area contributed by atoms with Crippen LogP contribution in [0.5, 0.6) is 0 Å². The van der Waals surface area contributed by atoms with Gasteiger partial charge in [-0.2, -0.15) is 0 Å². The van der Waals surface area contributed by atoms with E-state index >= 15 is 0 Å². The van der Waals surface area contributed by atoms with Crippen molar-refractivity contribution in [3.8, 4) is 0 Å². The van der Waals surface area contributed by atoms with E-state index in [1.807, 2.05) is 13.8 Å². The summed E-state index contributed by atoms with van der Waals surface area (Å²) in [5.41, 5.74) is 0. The zero-order valence-electron chi connectivity index (χ0n) is 10.2. The SMILES string of the molecule is CCOC(=O)CN(C(=O)CCCO)C(C)C. The average molecular weight is 231 g/mol. The third kappa shape index (κ3) is 5.70. The highest BCUT2D eigenvalue weighted by Crippen LogP contribution is 2.04. The van der Waals surface area contributed by atoms with E-state index in [0.29, 0.717) is 13.0 Å². The molecule has 1 amide bonds. The van der Waals surface area contributed by atoms with Crippen molar-refractivity contribution in [2.45, 2.75) is 39.7 Å². The number of ether oxygens (including phenoxy) is 1. The first kappa shape index (κ1) is 14.9. The highest BCUT2D eigenvalue weighted by molar-refractivity contribution is 5.82. The molecule has 0 aromatic carbocycles. The molecule has 94 valence electrons. The molecule has 0 radical (unpaired) electrons.